The molecule has 0 unspecified atom stereocenters. The topological polar surface area (TPSA) is 70.4 Å². The molecule has 2 aromatic carbocycles. The summed E-state index contributed by atoms with van der Waals surface area (Å²) in [6.07, 6.45) is 2.98. The molecule has 4 aromatic rings. The molecule has 2 heterocycles. The van der Waals surface area contributed by atoms with Gasteiger partial charge >= 0.3 is 0 Å². The smallest absolute Gasteiger partial charge is 0.200 e. The van der Waals surface area contributed by atoms with Crippen LogP contribution in [0.5, 0.6) is 11.5 Å². The first-order valence-corrected chi connectivity index (χ1v) is 11.5. The van der Waals surface area contributed by atoms with E-state index in [1.54, 1.807) is 31.5 Å². The summed E-state index contributed by atoms with van der Waals surface area (Å²) in [5, 5.41) is 0.634. The number of pyridine rings is 2. The van der Waals surface area contributed by atoms with Gasteiger partial charge in [-0.15, -0.1) is 0 Å². The van der Waals surface area contributed by atoms with Crippen molar-refractivity contribution >= 4 is 28.3 Å². The van der Waals surface area contributed by atoms with Crippen molar-refractivity contribution in [2.45, 2.75) is 32.7 Å². The average Bonchev–Trinajstić information content (AvgIpc) is 2.84. The molecule has 2 aromatic heterocycles. The monoisotopic (exact) mass is 490 g/mol. The first-order chi connectivity index (χ1) is 16.6. The van der Waals surface area contributed by atoms with Gasteiger partial charge in [0.2, 0.25) is 5.43 Å². The van der Waals surface area contributed by atoms with Gasteiger partial charge in [0.25, 0.3) is 0 Å². The third-order valence-electron chi connectivity index (χ3n) is 5.99. The lowest BCUT2D eigenvalue weighted by atomic mass is 9.87. The Kier molecular flexibility index (Phi) is 6.68. The summed E-state index contributed by atoms with van der Waals surface area (Å²) in [4.78, 5) is 30.8. The van der Waals surface area contributed by atoms with Crippen LogP contribution in [0.2, 0.25) is 5.15 Å². The molecular weight excluding hydrogens is 464 g/mol. The molecule has 0 saturated carbocycles. The van der Waals surface area contributed by atoms with E-state index in [-0.39, 0.29) is 27.1 Å². The van der Waals surface area contributed by atoms with Crippen LogP contribution in [-0.2, 0) is 12.0 Å². The Morgan fingerprint density at radius 2 is 1.66 bits per heavy atom. The molecule has 6 nitrogen and oxygen atoms in total. The second kappa shape index (κ2) is 9.55. The fourth-order valence-electron chi connectivity index (χ4n) is 3.98. The van der Waals surface area contributed by atoms with Gasteiger partial charge in [0.1, 0.15) is 5.15 Å². The largest absolute Gasteiger partial charge is 0.493 e. The normalized spacial score (nSPS) is 11.5. The standard InChI is InChI=1S/C28H27ClN2O4/c1-28(2,3)19-9-6-17(7-10-19)15-31-16-21(26(32)18-8-11-25(29)30-14-18)27(33)20-12-23(34-4)24(35-5)13-22(20)31/h6-14,16H,15H2,1-5H3. The third-order valence-corrected chi connectivity index (χ3v) is 6.22. The van der Waals surface area contributed by atoms with Gasteiger partial charge in [-0.05, 0) is 34.7 Å². The number of hydrogen-bond donors (Lipinski definition) is 0. The zero-order valence-electron chi connectivity index (χ0n) is 20.4. The van der Waals surface area contributed by atoms with E-state index in [2.05, 4.69) is 50.0 Å². The highest BCUT2D eigenvalue weighted by Gasteiger charge is 2.20. The summed E-state index contributed by atoms with van der Waals surface area (Å²) in [6, 6.07) is 14.8. The van der Waals surface area contributed by atoms with Crippen molar-refractivity contribution in [3.05, 3.63) is 98.6 Å². The fourth-order valence-corrected chi connectivity index (χ4v) is 4.09. The molecule has 0 radical (unpaired) electrons. The number of carbonyl (C=O) groups excluding carboxylic acids is 1. The summed E-state index contributed by atoms with van der Waals surface area (Å²) < 4.78 is 12.8. The number of benzene rings is 2. The second-order valence-corrected chi connectivity index (χ2v) is 9.76. The molecule has 0 fully saturated rings. The van der Waals surface area contributed by atoms with Crippen molar-refractivity contribution in [1.29, 1.82) is 0 Å². The minimum Gasteiger partial charge on any atom is -0.493 e. The van der Waals surface area contributed by atoms with Gasteiger partial charge in [0.05, 0.1) is 30.7 Å². The van der Waals surface area contributed by atoms with Crippen LogP contribution in [-0.4, -0.2) is 29.6 Å². The van der Waals surface area contributed by atoms with Crippen LogP contribution in [0.15, 0.2) is 65.7 Å². The van der Waals surface area contributed by atoms with Crippen molar-refractivity contribution in [2.75, 3.05) is 14.2 Å². The van der Waals surface area contributed by atoms with Crippen molar-refractivity contribution in [3.8, 4) is 11.5 Å². The van der Waals surface area contributed by atoms with Crippen molar-refractivity contribution in [3.63, 3.8) is 0 Å². The predicted molar refractivity (Wildman–Crippen MR) is 138 cm³/mol. The maximum atomic E-state index is 13.5. The van der Waals surface area contributed by atoms with Crippen molar-refractivity contribution in [1.82, 2.24) is 9.55 Å². The van der Waals surface area contributed by atoms with Crippen LogP contribution in [0.25, 0.3) is 10.9 Å². The Labute approximate surface area is 209 Å². The number of halogens is 1. The molecule has 7 heteroatoms. The molecular formula is C28H27ClN2O4. The number of fused-ring (bicyclic) bond motifs is 1. The van der Waals surface area contributed by atoms with Crippen LogP contribution in [0.1, 0.15) is 47.8 Å². The minimum atomic E-state index is -0.423. The van der Waals surface area contributed by atoms with Crippen LogP contribution >= 0.6 is 11.6 Å². The summed E-state index contributed by atoms with van der Waals surface area (Å²) in [5.41, 5.74) is 2.87. The predicted octanol–water partition coefficient (Wildman–Crippen LogP) is 5.64. The molecule has 0 aliphatic rings. The number of hydrogen-bond acceptors (Lipinski definition) is 5. The minimum absolute atomic E-state index is 0.0404. The molecule has 180 valence electrons. The van der Waals surface area contributed by atoms with Gasteiger partial charge in [-0.3, -0.25) is 9.59 Å². The lowest BCUT2D eigenvalue weighted by molar-refractivity contribution is 0.103. The summed E-state index contributed by atoms with van der Waals surface area (Å²) >= 11 is 5.87. The van der Waals surface area contributed by atoms with E-state index in [1.807, 2.05) is 4.57 Å². The number of rotatable bonds is 6. The highest BCUT2D eigenvalue weighted by molar-refractivity contribution is 6.29. The molecule has 0 spiro atoms. The quantitative estimate of drug-likeness (QED) is 0.258. The van der Waals surface area contributed by atoms with Gasteiger partial charge < -0.3 is 14.0 Å². The van der Waals surface area contributed by atoms with Gasteiger partial charge in [0, 0.05) is 30.6 Å². The van der Waals surface area contributed by atoms with Crippen LogP contribution in [0.3, 0.4) is 0 Å². The van der Waals surface area contributed by atoms with E-state index in [4.69, 9.17) is 21.1 Å². The number of ketones is 1. The first-order valence-electron chi connectivity index (χ1n) is 11.2. The first kappa shape index (κ1) is 24.5. The maximum Gasteiger partial charge on any atom is 0.200 e. The van der Waals surface area contributed by atoms with E-state index >= 15 is 0 Å². The Hall–Kier alpha value is -3.64. The number of nitrogens with zero attached hydrogens (tertiary/aromatic N) is 2. The average molecular weight is 491 g/mol. The number of methoxy groups -OCH3 is 2. The molecule has 0 amide bonds. The second-order valence-electron chi connectivity index (χ2n) is 9.37. The maximum absolute atomic E-state index is 13.5. The van der Waals surface area contributed by atoms with Gasteiger partial charge in [-0.1, -0.05) is 56.6 Å². The highest BCUT2D eigenvalue weighted by Crippen LogP contribution is 2.32. The lowest BCUT2D eigenvalue weighted by Gasteiger charge is -2.20. The van der Waals surface area contributed by atoms with Gasteiger partial charge in [-0.2, -0.15) is 0 Å². The zero-order valence-corrected chi connectivity index (χ0v) is 21.1. The third kappa shape index (κ3) is 4.93. The summed E-state index contributed by atoms with van der Waals surface area (Å²) in [5.74, 6) is 0.487. The highest BCUT2D eigenvalue weighted by atomic mass is 35.5. The summed E-state index contributed by atoms with van der Waals surface area (Å²) in [6.45, 7) is 6.96. The van der Waals surface area contributed by atoms with E-state index in [1.165, 1.54) is 24.9 Å². The van der Waals surface area contributed by atoms with Crippen molar-refractivity contribution < 1.29 is 14.3 Å². The molecule has 0 N–H and O–H groups in total. The number of carbonyl (C=O) groups is 1. The Balaban J connectivity index is 1.90. The molecule has 0 bridgehead atoms. The lowest BCUT2D eigenvalue weighted by Crippen LogP contribution is -2.20. The van der Waals surface area contributed by atoms with E-state index in [0.717, 1.165) is 5.56 Å². The molecule has 0 saturated heterocycles. The van der Waals surface area contributed by atoms with Crippen LogP contribution in [0, 0.1) is 0 Å². The number of ether oxygens (including phenoxy) is 2. The fraction of sp³-hybridized carbons (Fsp3) is 0.250. The number of aromatic nitrogens is 2. The molecule has 4 rings (SSSR count). The molecule has 0 atom stereocenters. The Bertz CT molecular complexity index is 1450. The molecule has 0 aliphatic carbocycles. The Morgan fingerprint density at radius 3 is 2.23 bits per heavy atom. The van der Waals surface area contributed by atoms with E-state index < -0.39 is 5.78 Å². The van der Waals surface area contributed by atoms with E-state index in [0.29, 0.717) is 28.9 Å². The molecule has 35 heavy (non-hydrogen) atoms. The van der Waals surface area contributed by atoms with E-state index in [9.17, 15) is 9.59 Å². The van der Waals surface area contributed by atoms with Crippen LogP contribution < -0.4 is 14.9 Å². The Morgan fingerprint density at radius 1 is 1.00 bits per heavy atom. The molecule has 0 aliphatic heterocycles. The van der Waals surface area contributed by atoms with Crippen molar-refractivity contribution in [2.24, 2.45) is 0 Å². The van der Waals surface area contributed by atoms with Gasteiger partial charge in [-0.25, -0.2) is 4.98 Å². The van der Waals surface area contributed by atoms with Crippen LogP contribution in [0.4, 0.5) is 0 Å². The van der Waals surface area contributed by atoms with Gasteiger partial charge in [0.15, 0.2) is 17.3 Å². The zero-order chi connectivity index (χ0) is 25.3. The summed E-state index contributed by atoms with van der Waals surface area (Å²) in [7, 11) is 3.05. The SMILES string of the molecule is COc1cc2c(=O)c(C(=O)c3ccc(Cl)nc3)cn(Cc3ccc(C(C)(C)C)cc3)c2cc1OC.